The van der Waals surface area contributed by atoms with E-state index < -0.39 is 0 Å². The van der Waals surface area contributed by atoms with Gasteiger partial charge in [0, 0.05) is 16.8 Å². The smallest absolute Gasteiger partial charge is 0.0546 e. The van der Waals surface area contributed by atoms with Crippen molar-refractivity contribution >= 4 is 60.2 Å². The molecule has 0 heterocycles. The van der Waals surface area contributed by atoms with Crippen LogP contribution in [0.2, 0.25) is 0 Å². The predicted octanol–water partition coefficient (Wildman–Crippen LogP) is 11.4. The standard InChI is InChI=1S/C40H27N/c1-3-10-28(11-4-1)29-20-24-34(25-21-29)41(33-14-5-2-6-15-33)38-17-9-13-31-18-19-32-23-26-36-35-16-8-7-12-30(35)22-27-37(36)39(32)40(31)38/h1-27H. The largest absolute Gasteiger partial charge is 0.310 e. The zero-order valence-corrected chi connectivity index (χ0v) is 22.5. The van der Waals surface area contributed by atoms with Gasteiger partial charge in [-0.3, -0.25) is 0 Å². The van der Waals surface area contributed by atoms with Crippen LogP contribution in [0.5, 0.6) is 0 Å². The highest BCUT2D eigenvalue weighted by atomic mass is 15.1. The molecule has 1 heteroatoms. The lowest BCUT2D eigenvalue weighted by atomic mass is 9.92. The molecule has 0 fully saturated rings. The average Bonchev–Trinajstić information content (AvgIpc) is 3.05. The number of hydrogen-bond acceptors (Lipinski definition) is 1. The van der Waals surface area contributed by atoms with Crippen molar-refractivity contribution in [2.45, 2.75) is 0 Å². The van der Waals surface area contributed by atoms with Gasteiger partial charge in [-0.1, -0.05) is 133 Å². The lowest BCUT2D eigenvalue weighted by Gasteiger charge is -2.28. The second kappa shape index (κ2) is 9.66. The van der Waals surface area contributed by atoms with E-state index in [1.165, 1.54) is 59.9 Å². The second-order valence-corrected chi connectivity index (χ2v) is 10.6. The van der Waals surface area contributed by atoms with Gasteiger partial charge in [0.2, 0.25) is 0 Å². The normalized spacial score (nSPS) is 11.4. The molecule has 0 saturated carbocycles. The Kier molecular flexibility index (Phi) is 5.53. The highest BCUT2D eigenvalue weighted by Crippen LogP contribution is 2.44. The maximum Gasteiger partial charge on any atom is 0.0546 e. The molecule has 41 heavy (non-hydrogen) atoms. The van der Waals surface area contributed by atoms with Crippen LogP contribution in [0.15, 0.2) is 164 Å². The summed E-state index contributed by atoms with van der Waals surface area (Å²) in [5, 5.41) is 10.2. The first-order valence-corrected chi connectivity index (χ1v) is 14.1. The summed E-state index contributed by atoms with van der Waals surface area (Å²) in [5.74, 6) is 0. The van der Waals surface area contributed by atoms with Gasteiger partial charge in [-0.05, 0) is 79.2 Å². The molecule has 0 unspecified atom stereocenters. The van der Waals surface area contributed by atoms with Gasteiger partial charge in [0.15, 0.2) is 0 Å². The maximum absolute atomic E-state index is 2.40. The van der Waals surface area contributed by atoms with Crippen molar-refractivity contribution in [2.75, 3.05) is 4.90 Å². The van der Waals surface area contributed by atoms with E-state index in [-0.39, 0.29) is 0 Å². The molecule has 0 N–H and O–H groups in total. The number of fused-ring (bicyclic) bond motifs is 7. The Balaban J connectivity index is 1.43. The fourth-order valence-electron chi connectivity index (χ4n) is 6.30. The van der Waals surface area contributed by atoms with Crippen LogP contribution in [-0.4, -0.2) is 0 Å². The number of hydrogen-bond donors (Lipinski definition) is 0. The Morgan fingerprint density at radius 1 is 0.293 bits per heavy atom. The van der Waals surface area contributed by atoms with Crippen molar-refractivity contribution in [1.29, 1.82) is 0 Å². The quantitative estimate of drug-likeness (QED) is 0.208. The van der Waals surface area contributed by atoms with Crippen molar-refractivity contribution in [1.82, 2.24) is 0 Å². The van der Waals surface area contributed by atoms with E-state index in [0.29, 0.717) is 0 Å². The van der Waals surface area contributed by atoms with Gasteiger partial charge in [0.05, 0.1) is 5.69 Å². The molecule has 0 aliphatic carbocycles. The molecule has 0 bridgehead atoms. The van der Waals surface area contributed by atoms with Crippen LogP contribution in [0.4, 0.5) is 17.1 Å². The van der Waals surface area contributed by atoms with Crippen molar-refractivity contribution in [3.63, 3.8) is 0 Å². The van der Waals surface area contributed by atoms with Gasteiger partial charge in [-0.25, -0.2) is 0 Å². The summed E-state index contributed by atoms with van der Waals surface area (Å²) in [4.78, 5) is 2.40. The van der Waals surface area contributed by atoms with E-state index in [0.717, 1.165) is 11.4 Å². The highest BCUT2D eigenvalue weighted by Gasteiger charge is 2.18. The Labute approximate surface area is 239 Å². The van der Waals surface area contributed by atoms with Gasteiger partial charge in [-0.2, -0.15) is 0 Å². The molecule has 0 atom stereocenters. The van der Waals surface area contributed by atoms with Gasteiger partial charge in [0.25, 0.3) is 0 Å². The summed E-state index contributed by atoms with van der Waals surface area (Å²) in [7, 11) is 0. The average molecular weight is 522 g/mol. The summed E-state index contributed by atoms with van der Waals surface area (Å²) in [6.07, 6.45) is 0. The van der Waals surface area contributed by atoms with Crippen LogP contribution in [0.25, 0.3) is 54.2 Å². The molecule has 1 nitrogen and oxygen atoms in total. The van der Waals surface area contributed by atoms with Crippen LogP contribution in [0, 0.1) is 0 Å². The lowest BCUT2D eigenvalue weighted by molar-refractivity contribution is 1.30. The molecule has 0 radical (unpaired) electrons. The molecule has 192 valence electrons. The van der Waals surface area contributed by atoms with E-state index in [1.54, 1.807) is 0 Å². The number of rotatable bonds is 4. The Hall–Kier alpha value is -5.40. The van der Waals surface area contributed by atoms with E-state index >= 15 is 0 Å². The summed E-state index contributed by atoms with van der Waals surface area (Å²) >= 11 is 0. The second-order valence-electron chi connectivity index (χ2n) is 10.6. The molecular weight excluding hydrogens is 494 g/mol. The van der Waals surface area contributed by atoms with Crippen molar-refractivity contribution in [2.24, 2.45) is 0 Å². The van der Waals surface area contributed by atoms with Gasteiger partial charge >= 0.3 is 0 Å². The Morgan fingerprint density at radius 2 is 0.854 bits per heavy atom. The van der Waals surface area contributed by atoms with Gasteiger partial charge in [-0.15, -0.1) is 0 Å². The third-order valence-corrected chi connectivity index (χ3v) is 8.21. The lowest BCUT2D eigenvalue weighted by Crippen LogP contribution is -2.10. The summed E-state index contributed by atoms with van der Waals surface area (Å²) < 4.78 is 0. The molecule has 0 amide bonds. The number of nitrogens with zero attached hydrogens (tertiary/aromatic N) is 1. The molecule has 8 rings (SSSR count). The topological polar surface area (TPSA) is 3.24 Å². The fourth-order valence-corrected chi connectivity index (χ4v) is 6.30. The maximum atomic E-state index is 2.40. The molecule has 8 aromatic carbocycles. The van der Waals surface area contributed by atoms with E-state index in [9.17, 15) is 0 Å². The van der Waals surface area contributed by atoms with Crippen LogP contribution in [0.3, 0.4) is 0 Å². The highest BCUT2D eigenvalue weighted by molar-refractivity contribution is 6.27. The van der Waals surface area contributed by atoms with E-state index in [4.69, 9.17) is 0 Å². The van der Waals surface area contributed by atoms with Crippen molar-refractivity contribution < 1.29 is 0 Å². The van der Waals surface area contributed by atoms with Crippen LogP contribution >= 0.6 is 0 Å². The molecule has 0 aliphatic rings. The predicted molar refractivity (Wildman–Crippen MR) is 177 cm³/mol. The van der Waals surface area contributed by atoms with Crippen LogP contribution in [0.1, 0.15) is 0 Å². The molecule has 0 aromatic heterocycles. The third-order valence-electron chi connectivity index (χ3n) is 8.21. The summed E-state index contributed by atoms with van der Waals surface area (Å²) in [6, 6.07) is 59.2. The first-order valence-electron chi connectivity index (χ1n) is 14.1. The molecule has 0 spiro atoms. The first kappa shape index (κ1) is 23.5. The minimum atomic E-state index is 1.13. The molecule has 0 aliphatic heterocycles. The van der Waals surface area contributed by atoms with Gasteiger partial charge in [0.1, 0.15) is 0 Å². The van der Waals surface area contributed by atoms with Crippen LogP contribution < -0.4 is 4.90 Å². The van der Waals surface area contributed by atoms with Crippen molar-refractivity contribution in [3.8, 4) is 11.1 Å². The number of para-hydroxylation sites is 1. The van der Waals surface area contributed by atoms with E-state index in [1.807, 2.05) is 0 Å². The zero-order chi connectivity index (χ0) is 27.2. The monoisotopic (exact) mass is 521 g/mol. The zero-order valence-electron chi connectivity index (χ0n) is 22.5. The minimum Gasteiger partial charge on any atom is -0.310 e. The molecule has 8 aromatic rings. The minimum absolute atomic E-state index is 1.13. The summed E-state index contributed by atoms with van der Waals surface area (Å²) in [6.45, 7) is 0. The SMILES string of the molecule is c1ccc(-c2ccc(N(c3ccccc3)c3cccc4ccc5ccc6c7ccccc7ccc6c5c34)cc2)cc1. The molecule has 0 saturated heterocycles. The Bertz CT molecular complexity index is 2180. The summed E-state index contributed by atoms with van der Waals surface area (Å²) in [5.41, 5.74) is 5.87. The van der Waals surface area contributed by atoms with Crippen LogP contribution in [-0.2, 0) is 0 Å². The first-order chi connectivity index (χ1) is 20.3. The Morgan fingerprint density at radius 3 is 1.66 bits per heavy atom. The van der Waals surface area contributed by atoms with Gasteiger partial charge < -0.3 is 4.90 Å². The molecular formula is C40H27N. The fraction of sp³-hybridized carbons (Fsp3) is 0. The van der Waals surface area contributed by atoms with Crippen molar-refractivity contribution in [3.05, 3.63) is 164 Å². The number of benzene rings is 8. The van der Waals surface area contributed by atoms with E-state index in [2.05, 4.69) is 169 Å². The third kappa shape index (κ3) is 3.94. The number of anilines is 3.